The Balaban J connectivity index is 2.44. The molecule has 1 N–H and O–H groups in total. The monoisotopic (exact) mass is 402 g/mol. The lowest BCUT2D eigenvalue weighted by molar-refractivity contribution is -0.120. The first-order valence-corrected chi connectivity index (χ1v) is 11.2. The van der Waals surface area contributed by atoms with Crippen molar-refractivity contribution < 1.29 is 13.2 Å². The van der Waals surface area contributed by atoms with E-state index >= 15 is 0 Å². The van der Waals surface area contributed by atoms with Crippen LogP contribution in [0.4, 0.5) is 5.69 Å². The summed E-state index contributed by atoms with van der Waals surface area (Å²) < 4.78 is 28.0. The van der Waals surface area contributed by atoms with Crippen molar-refractivity contribution >= 4 is 21.6 Å². The highest BCUT2D eigenvalue weighted by atomic mass is 32.2. The Morgan fingerprint density at radius 3 is 2.32 bits per heavy atom. The number of hydrogen-bond acceptors (Lipinski definition) is 3. The lowest BCUT2D eigenvalue weighted by atomic mass is 10.1. The van der Waals surface area contributed by atoms with E-state index in [4.69, 9.17) is 0 Å². The molecule has 0 aromatic heterocycles. The fourth-order valence-corrected chi connectivity index (χ4v) is 4.61. The van der Waals surface area contributed by atoms with Gasteiger partial charge in [0, 0.05) is 6.04 Å². The van der Waals surface area contributed by atoms with Gasteiger partial charge >= 0.3 is 0 Å². The van der Waals surface area contributed by atoms with Crippen molar-refractivity contribution in [3.63, 3.8) is 0 Å². The van der Waals surface area contributed by atoms with Gasteiger partial charge in [-0.05, 0) is 50.5 Å². The predicted molar refractivity (Wildman–Crippen MR) is 114 cm³/mol. The molecule has 0 unspecified atom stereocenters. The van der Waals surface area contributed by atoms with Gasteiger partial charge < -0.3 is 5.32 Å². The number of hydrogen-bond donors (Lipinski definition) is 1. The third-order valence-electron chi connectivity index (χ3n) is 4.67. The number of nitrogens with zero attached hydrogens (tertiary/aromatic N) is 1. The number of amides is 1. The third-order valence-corrected chi connectivity index (χ3v) is 6.44. The molecule has 2 aromatic carbocycles. The van der Waals surface area contributed by atoms with Crippen molar-refractivity contribution in [2.24, 2.45) is 0 Å². The molecule has 0 fully saturated rings. The second kappa shape index (κ2) is 9.73. The summed E-state index contributed by atoms with van der Waals surface area (Å²) in [5, 5.41) is 2.91. The van der Waals surface area contributed by atoms with E-state index in [1.807, 2.05) is 39.8 Å². The molecule has 152 valence electrons. The summed E-state index contributed by atoms with van der Waals surface area (Å²) in [6, 6.07) is 14.0. The third kappa shape index (κ3) is 5.35. The van der Waals surface area contributed by atoms with E-state index in [1.54, 1.807) is 36.4 Å². The zero-order valence-electron chi connectivity index (χ0n) is 17.1. The smallest absolute Gasteiger partial charge is 0.264 e. The molecule has 0 radical (unpaired) electrons. The van der Waals surface area contributed by atoms with Gasteiger partial charge in [0.2, 0.25) is 5.91 Å². The van der Waals surface area contributed by atoms with Crippen molar-refractivity contribution in [2.75, 3.05) is 10.8 Å². The maximum Gasteiger partial charge on any atom is 0.264 e. The van der Waals surface area contributed by atoms with Gasteiger partial charge in [0.1, 0.15) is 6.54 Å². The molecule has 2 aromatic rings. The summed E-state index contributed by atoms with van der Waals surface area (Å²) in [7, 11) is -3.87. The highest BCUT2D eigenvalue weighted by Gasteiger charge is 2.28. The minimum absolute atomic E-state index is 0.00264. The Kier molecular flexibility index (Phi) is 7.63. The lowest BCUT2D eigenvalue weighted by Gasteiger charge is -2.27. The average molecular weight is 403 g/mol. The van der Waals surface area contributed by atoms with Crippen molar-refractivity contribution in [2.45, 2.75) is 57.9 Å². The van der Waals surface area contributed by atoms with Gasteiger partial charge in [0.25, 0.3) is 10.0 Å². The maximum atomic E-state index is 13.4. The number of carbonyl (C=O) groups excluding carboxylic acids is 1. The van der Waals surface area contributed by atoms with Gasteiger partial charge in [0.05, 0.1) is 10.6 Å². The standard InChI is InChI=1S/C22H30N2O3S/c1-5-9-18(4)23-22(25)16-24(21-11-8-7-10-19(21)6-2)28(26,27)20-14-12-17(3)13-15-20/h7-8,10-15,18H,5-6,9,16H2,1-4H3,(H,23,25)/t18-/m1/s1. The molecule has 5 nitrogen and oxygen atoms in total. The number of anilines is 1. The van der Waals surface area contributed by atoms with Crippen molar-refractivity contribution in [3.8, 4) is 0 Å². The number of nitrogens with one attached hydrogen (secondary N) is 1. The minimum Gasteiger partial charge on any atom is -0.352 e. The van der Waals surface area contributed by atoms with Crippen LogP contribution in [-0.4, -0.2) is 26.9 Å². The van der Waals surface area contributed by atoms with E-state index in [9.17, 15) is 13.2 Å². The molecule has 0 spiro atoms. The molecule has 0 saturated carbocycles. The summed E-state index contributed by atoms with van der Waals surface area (Å²) in [5.41, 5.74) is 2.40. The quantitative estimate of drug-likeness (QED) is 0.688. The van der Waals surface area contributed by atoms with Gasteiger partial charge in [-0.1, -0.05) is 56.2 Å². The Morgan fingerprint density at radius 2 is 1.71 bits per heavy atom. The zero-order chi connectivity index (χ0) is 20.7. The summed E-state index contributed by atoms with van der Waals surface area (Å²) in [6.07, 6.45) is 2.47. The van der Waals surface area contributed by atoms with E-state index in [1.165, 1.54) is 4.31 Å². The number of benzene rings is 2. The van der Waals surface area contributed by atoms with Crippen LogP contribution in [0.25, 0.3) is 0 Å². The van der Waals surface area contributed by atoms with Gasteiger partial charge in [-0.15, -0.1) is 0 Å². The van der Waals surface area contributed by atoms with Crippen LogP contribution in [0.1, 0.15) is 44.7 Å². The summed E-state index contributed by atoms with van der Waals surface area (Å²) >= 11 is 0. The van der Waals surface area contributed by atoms with E-state index in [0.717, 1.165) is 24.0 Å². The summed E-state index contributed by atoms with van der Waals surface area (Å²) in [5.74, 6) is -0.303. The minimum atomic E-state index is -3.87. The molecular formula is C22H30N2O3S. The van der Waals surface area contributed by atoms with Crippen molar-refractivity contribution in [1.29, 1.82) is 0 Å². The molecule has 0 aliphatic rings. The Hall–Kier alpha value is -2.34. The maximum absolute atomic E-state index is 13.4. The van der Waals surface area contributed by atoms with Crippen LogP contribution >= 0.6 is 0 Å². The SMILES string of the molecule is CCC[C@@H](C)NC(=O)CN(c1ccccc1CC)S(=O)(=O)c1ccc(C)cc1. The topological polar surface area (TPSA) is 66.5 Å². The number of carbonyl (C=O) groups is 1. The first-order chi connectivity index (χ1) is 13.3. The van der Waals surface area contributed by atoms with Crippen LogP contribution in [0, 0.1) is 6.92 Å². The Bertz CT molecular complexity index is 892. The van der Waals surface area contributed by atoms with Crippen molar-refractivity contribution in [1.82, 2.24) is 5.32 Å². The first kappa shape index (κ1) is 22.0. The number of aryl methyl sites for hydroxylation is 2. The molecule has 28 heavy (non-hydrogen) atoms. The van der Waals surface area contributed by atoms with Crippen LogP contribution in [0.3, 0.4) is 0 Å². The number of rotatable bonds is 9. The van der Waals surface area contributed by atoms with Crippen LogP contribution in [0.15, 0.2) is 53.4 Å². The zero-order valence-corrected chi connectivity index (χ0v) is 17.9. The van der Waals surface area contributed by atoms with Crippen LogP contribution in [0.2, 0.25) is 0 Å². The first-order valence-electron chi connectivity index (χ1n) is 9.76. The predicted octanol–water partition coefficient (Wildman–Crippen LogP) is 4.06. The van der Waals surface area contributed by atoms with Gasteiger partial charge in [-0.25, -0.2) is 8.42 Å². The molecular weight excluding hydrogens is 372 g/mol. The molecule has 0 heterocycles. The fraction of sp³-hybridized carbons (Fsp3) is 0.409. The van der Waals surface area contributed by atoms with Crippen LogP contribution in [-0.2, 0) is 21.2 Å². The summed E-state index contributed by atoms with van der Waals surface area (Å²) in [4.78, 5) is 12.8. The normalized spacial score (nSPS) is 12.4. The number of sulfonamides is 1. The fourth-order valence-electron chi connectivity index (χ4n) is 3.15. The summed E-state index contributed by atoms with van der Waals surface area (Å²) in [6.45, 7) is 7.61. The van der Waals surface area contributed by atoms with E-state index in [0.29, 0.717) is 12.1 Å². The molecule has 0 bridgehead atoms. The molecule has 6 heteroatoms. The van der Waals surface area contributed by atoms with Crippen LogP contribution < -0.4 is 9.62 Å². The second-order valence-corrected chi connectivity index (χ2v) is 8.93. The molecule has 0 saturated heterocycles. The van der Waals surface area contributed by atoms with E-state index in [-0.39, 0.29) is 23.4 Å². The molecule has 0 aliphatic heterocycles. The van der Waals surface area contributed by atoms with Gasteiger partial charge in [-0.2, -0.15) is 0 Å². The van der Waals surface area contributed by atoms with Gasteiger partial charge in [-0.3, -0.25) is 9.10 Å². The Labute approximate surface area is 168 Å². The van der Waals surface area contributed by atoms with Crippen molar-refractivity contribution in [3.05, 3.63) is 59.7 Å². The molecule has 1 amide bonds. The average Bonchev–Trinajstić information content (AvgIpc) is 2.66. The number of para-hydroxylation sites is 1. The molecule has 2 rings (SSSR count). The van der Waals surface area contributed by atoms with E-state index < -0.39 is 10.0 Å². The second-order valence-electron chi connectivity index (χ2n) is 7.06. The highest BCUT2D eigenvalue weighted by molar-refractivity contribution is 7.92. The lowest BCUT2D eigenvalue weighted by Crippen LogP contribution is -2.43. The Morgan fingerprint density at radius 1 is 1.07 bits per heavy atom. The van der Waals surface area contributed by atoms with E-state index in [2.05, 4.69) is 5.32 Å². The molecule has 1 atom stereocenters. The van der Waals surface area contributed by atoms with Crippen LogP contribution in [0.5, 0.6) is 0 Å². The van der Waals surface area contributed by atoms with Gasteiger partial charge in [0.15, 0.2) is 0 Å². The molecule has 0 aliphatic carbocycles. The largest absolute Gasteiger partial charge is 0.352 e. The highest BCUT2D eigenvalue weighted by Crippen LogP contribution is 2.27.